The lowest BCUT2D eigenvalue weighted by molar-refractivity contribution is -0.166. The second-order valence-electron chi connectivity index (χ2n) is 12.1. The van der Waals surface area contributed by atoms with E-state index >= 15 is 0 Å². The number of nitrogens with one attached hydrogen (secondary N) is 1. The Labute approximate surface area is 247 Å². The average Bonchev–Trinajstić information content (AvgIpc) is 3.01. The molecule has 1 unspecified atom stereocenters. The van der Waals surface area contributed by atoms with E-state index in [0.717, 1.165) is 50.6 Å². The summed E-state index contributed by atoms with van der Waals surface area (Å²) in [6.07, 6.45) is 7.15. The standard InChI is InChI=1S/C33H43N3O6/c1-2-3-19-36-30(38)28(29(37)24-7-5-4-6-8-24)34-32(41)33(36)17-20-35(21-18-33)22-23-9-13-26(14-10-23)42-27-15-11-25(12-16-27)31(39)40/h9-16,24,28-29,37H,2-8,17-22H2,1H3,(H,34,41)(H,39,40)/t28?,29-/m1/s1. The van der Waals surface area contributed by atoms with Gasteiger partial charge in [0.2, 0.25) is 11.8 Å². The monoisotopic (exact) mass is 577 g/mol. The SMILES string of the molecule is CCCCN1C(=O)C([C@H](O)C2CCCCC2)NC(=O)C12CCN(Cc1ccc(Oc3ccc(C(=O)O)cc3)cc1)CC2. The number of piperidine rings is 1. The molecule has 42 heavy (non-hydrogen) atoms. The number of likely N-dealkylation sites (tertiary alicyclic amines) is 1. The molecule has 2 aromatic carbocycles. The van der Waals surface area contributed by atoms with Crippen molar-refractivity contribution in [1.82, 2.24) is 15.1 Å². The lowest BCUT2D eigenvalue weighted by atomic mass is 9.78. The molecule has 3 aliphatic rings. The van der Waals surface area contributed by atoms with Gasteiger partial charge in [0.05, 0.1) is 11.7 Å². The smallest absolute Gasteiger partial charge is 0.335 e. The summed E-state index contributed by atoms with van der Waals surface area (Å²) in [5.74, 6) is 0.0741. The molecule has 0 radical (unpaired) electrons. The molecule has 2 saturated heterocycles. The van der Waals surface area contributed by atoms with Crippen LogP contribution in [0.25, 0.3) is 0 Å². The van der Waals surface area contributed by atoms with Gasteiger partial charge >= 0.3 is 5.97 Å². The summed E-state index contributed by atoms with van der Waals surface area (Å²) in [6.45, 7) is 4.72. The fourth-order valence-corrected chi connectivity index (χ4v) is 6.76. The Morgan fingerprint density at radius 3 is 2.21 bits per heavy atom. The number of aliphatic hydroxyl groups is 1. The molecule has 2 aromatic rings. The van der Waals surface area contributed by atoms with Gasteiger partial charge < -0.3 is 25.2 Å². The van der Waals surface area contributed by atoms with Gasteiger partial charge in [0.1, 0.15) is 23.1 Å². The molecule has 3 N–H and O–H groups in total. The van der Waals surface area contributed by atoms with Crippen LogP contribution in [0.4, 0.5) is 0 Å². The van der Waals surface area contributed by atoms with Crippen molar-refractivity contribution in [2.75, 3.05) is 19.6 Å². The van der Waals surface area contributed by atoms with Crippen molar-refractivity contribution < 1.29 is 29.3 Å². The fourth-order valence-electron chi connectivity index (χ4n) is 6.76. The first kappa shape index (κ1) is 30.0. The molecule has 0 aromatic heterocycles. The molecule has 2 heterocycles. The zero-order valence-corrected chi connectivity index (χ0v) is 24.5. The van der Waals surface area contributed by atoms with Gasteiger partial charge in [-0.2, -0.15) is 0 Å². The molecule has 9 nitrogen and oxygen atoms in total. The first-order chi connectivity index (χ1) is 20.3. The Morgan fingerprint density at radius 2 is 1.62 bits per heavy atom. The predicted molar refractivity (Wildman–Crippen MR) is 158 cm³/mol. The lowest BCUT2D eigenvalue weighted by Crippen LogP contribution is -2.75. The molecule has 1 aliphatic carbocycles. The zero-order valence-electron chi connectivity index (χ0n) is 24.5. The number of hydrogen-bond donors (Lipinski definition) is 3. The number of carboxylic acid groups (broad SMARTS) is 1. The molecule has 9 heteroatoms. The molecule has 2 aliphatic heterocycles. The molecule has 2 amide bonds. The zero-order chi connectivity index (χ0) is 29.7. The van der Waals surface area contributed by atoms with Gasteiger partial charge in [-0.15, -0.1) is 0 Å². The second-order valence-corrected chi connectivity index (χ2v) is 12.1. The summed E-state index contributed by atoms with van der Waals surface area (Å²) < 4.78 is 5.86. The Morgan fingerprint density at radius 1 is 1.00 bits per heavy atom. The minimum Gasteiger partial charge on any atom is -0.478 e. The van der Waals surface area contributed by atoms with Gasteiger partial charge in [-0.1, -0.05) is 44.7 Å². The number of hydrogen-bond acceptors (Lipinski definition) is 6. The van der Waals surface area contributed by atoms with Crippen molar-refractivity contribution in [3.8, 4) is 11.5 Å². The van der Waals surface area contributed by atoms with Crippen molar-refractivity contribution in [2.45, 2.75) is 88.9 Å². The number of carbonyl (C=O) groups is 3. The summed E-state index contributed by atoms with van der Waals surface area (Å²) >= 11 is 0. The largest absolute Gasteiger partial charge is 0.478 e. The van der Waals surface area contributed by atoms with Gasteiger partial charge in [-0.25, -0.2) is 4.79 Å². The number of aliphatic hydroxyl groups excluding tert-OH is 1. The summed E-state index contributed by atoms with van der Waals surface area (Å²) in [5.41, 5.74) is 0.461. The number of carboxylic acids is 1. The van der Waals surface area contributed by atoms with E-state index in [9.17, 15) is 19.5 Å². The van der Waals surface area contributed by atoms with E-state index in [1.54, 1.807) is 12.1 Å². The highest BCUT2D eigenvalue weighted by Gasteiger charge is 2.55. The molecular weight excluding hydrogens is 534 g/mol. The Kier molecular flexibility index (Phi) is 9.48. The molecular formula is C33H43N3O6. The first-order valence-electron chi connectivity index (χ1n) is 15.4. The Bertz CT molecular complexity index is 1230. The van der Waals surface area contributed by atoms with Crippen LogP contribution in [0.2, 0.25) is 0 Å². The van der Waals surface area contributed by atoms with Crippen molar-refractivity contribution in [3.63, 3.8) is 0 Å². The number of benzene rings is 2. The van der Waals surface area contributed by atoms with Crippen LogP contribution in [-0.2, 0) is 16.1 Å². The summed E-state index contributed by atoms with van der Waals surface area (Å²) in [5, 5.41) is 23.2. The van der Waals surface area contributed by atoms with Crippen molar-refractivity contribution in [2.24, 2.45) is 5.92 Å². The predicted octanol–water partition coefficient (Wildman–Crippen LogP) is 4.58. The molecule has 5 rings (SSSR count). The topological polar surface area (TPSA) is 119 Å². The van der Waals surface area contributed by atoms with E-state index in [-0.39, 0.29) is 23.3 Å². The molecule has 226 valence electrons. The number of aromatic carboxylic acids is 1. The van der Waals surface area contributed by atoms with Gasteiger partial charge in [0.15, 0.2) is 0 Å². The Hall–Kier alpha value is -3.43. The third-order valence-electron chi connectivity index (χ3n) is 9.32. The molecule has 2 atom stereocenters. The Balaban J connectivity index is 1.20. The van der Waals surface area contributed by atoms with E-state index < -0.39 is 23.7 Å². The highest BCUT2D eigenvalue weighted by molar-refractivity contribution is 6.00. The highest BCUT2D eigenvalue weighted by atomic mass is 16.5. The van der Waals surface area contributed by atoms with Gasteiger partial charge in [-0.3, -0.25) is 14.5 Å². The third-order valence-corrected chi connectivity index (χ3v) is 9.32. The van der Waals surface area contributed by atoms with Gasteiger partial charge in [0, 0.05) is 26.2 Å². The molecule has 3 fully saturated rings. The fraction of sp³-hybridized carbons (Fsp3) is 0.545. The van der Waals surface area contributed by atoms with Crippen LogP contribution in [0.3, 0.4) is 0 Å². The summed E-state index contributed by atoms with van der Waals surface area (Å²) in [6, 6.07) is 13.2. The number of carbonyl (C=O) groups excluding carboxylic acids is 2. The maximum absolute atomic E-state index is 13.8. The maximum Gasteiger partial charge on any atom is 0.335 e. The molecule has 1 saturated carbocycles. The third kappa shape index (κ3) is 6.47. The van der Waals surface area contributed by atoms with Crippen LogP contribution in [0.1, 0.15) is 80.6 Å². The van der Waals surface area contributed by atoms with E-state index in [0.29, 0.717) is 44.0 Å². The highest BCUT2D eigenvalue weighted by Crippen LogP contribution is 2.36. The normalized spacial score (nSPS) is 22.1. The number of amides is 2. The van der Waals surface area contributed by atoms with Crippen LogP contribution in [0, 0.1) is 5.92 Å². The minimum absolute atomic E-state index is 0.0613. The van der Waals surface area contributed by atoms with Crippen LogP contribution in [0.5, 0.6) is 11.5 Å². The lowest BCUT2D eigenvalue weighted by Gasteiger charge is -2.52. The molecule has 0 bridgehead atoms. The first-order valence-corrected chi connectivity index (χ1v) is 15.4. The van der Waals surface area contributed by atoms with E-state index in [2.05, 4.69) is 17.1 Å². The number of rotatable bonds is 10. The molecule has 1 spiro atoms. The minimum atomic E-state index is -0.975. The maximum atomic E-state index is 13.8. The quantitative estimate of drug-likeness (QED) is 0.378. The van der Waals surface area contributed by atoms with Crippen molar-refractivity contribution in [3.05, 3.63) is 59.7 Å². The number of piperazine rings is 1. The van der Waals surface area contributed by atoms with E-state index in [4.69, 9.17) is 9.84 Å². The summed E-state index contributed by atoms with van der Waals surface area (Å²) in [4.78, 5) is 42.7. The average molecular weight is 578 g/mol. The van der Waals surface area contributed by atoms with Gasteiger partial charge in [-0.05, 0) is 80.0 Å². The van der Waals surface area contributed by atoms with E-state index in [1.165, 1.54) is 18.6 Å². The van der Waals surface area contributed by atoms with Crippen LogP contribution >= 0.6 is 0 Å². The number of unbranched alkanes of at least 4 members (excludes halogenated alkanes) is 1. The van der Waals surface area contributed by atoms with E-state index in [1.807, 2.05) is 29.2 Å². The van der Waals surface area contributed by atoms with Crippen molar-refractivity contribution >= 4 is 17.8 Å². The van der Waals surface area contributed by atoms with Crippen LogP contribution in [-0.4, -0.2) is 75.1 Å². The number of nitrogens with zero attached hydrogens (tertiary/aromatic N) is 2. The van der Waals surface area contributed by atoms with Crippen LogP contribution < -0.4 is 10.1 Å². The number of ether oxygens (including phenoxy) is 1. The van der Waals surface area contributed by atoms with Crippen molar-refractivity contribution in [1.29, 1.82) is 0 Å². The van der Waals surface area contributed by atoms with Crippen LogP contribution in [0.15, 0.2) is 48.5 Å². The summed E-state index contributed by atoms with van der Waals surface area (Å²) in [7, 11) is 0. The van der Waals surface area contributed by atoms with Gasteiger partial charge in [0.25, 0.3) is 0 Å². The second kappa shape index (κ2) is 13.3.